The molecule has 81 valence electrons. The second kappa shape index (κ2) is 4.76. The molecule has 1 aromatic heterocycles. The summed E-state index contributed by atoms with van der Waals surface area (Å²) in [5.41, 5.74) is 5.44. The molecule has 1 radical (unpaired) electrons. The van der Waals surface area contributed by atoms with Gasteiger partial charge < -0.3 is 15.1 Å². The molecule has 0 amide bonds. The van der Waals surface area contributed by atoms with E-state index in [1.807, 2.05) is 0 Å². The molecule has 1 aromatic rings. The minimum atomic E-state index is 0.347. The predicted octanol–water partition coefficient (Wildman–Crippen LogP) is 0.375. The molecule has 0 bridgehead atoms. The molecule has 1 atom stereocenters. The first-order valence-electron chi connectivity index (χ1n) is 5.39. The average Bonchev–Trinajstić information content (AvgIpc) is 2.78. The van der Waals surface area contributed by atoms with Crippen molar-refractivity contribution in [1.82, 2.24) is 15.0 Å². The van der Waals surface area contributed by atoms with E-state index in [0.29, 0.717) is 18.3 Å². The Kier molecular flexibility index (Phi) is 3.38. The summed E-state index contributed by atoms with van der Waals surface area (Å²) >= 11 is 0. The lowest BCUT2D eigenvalue weighted by atomic mass is 9.88. The Morgan fingerprint density at radius 2 is 2.53 bits per heavy atom. The van der Waals surface area contributed by atoms with Crippen LogP contribution in [-0.4, -0.2) is 35.5 Å². The van der Waals surface area contributed by atoms with E-state index in [-0.39, 0.29) is 0 Å². The van der Waals surface area contributed by atoms with Crippen LogP contribution in [-0.2, 0) is 6.54 Å². The molecule has 0 aliphatic carbocycles. The predicted molar refractivity (Wildman–Crippen MR) is 57.4 cm³/mol. The number of hydrogen-bond donors (Lipinski definition) is 1. The first-order valence-corrected chi connectivity index (χ1v) is 5.39. The molecule has 5 nitrogen and oxygen atoms in total. The fourth-order valence-electron chi connectivity index (χ4n) is 1.96. The normalized spacial score (nSPS) is 22.9. The second-order valence-corrected chi connectivity index (χ2v) is 3.85. The van der Waals surface area contributed by atoms with E-state index < -0.39 is 0 Å². The van der Waals surface area contributed by atoms with Crippen LogP contribution >= 0.6 is 0 Å². The highest BCUT2D eigenvalue weighted by Crippen LogP contribution is 2.24. The molecule has 1 saturated heterocycles. The van der Waals surface area contributed by atoms with Crippen LogP contribution in [0, 0.1) is 0 Å². The van der Waals surface area contributed by atoms with Gasteiger partial charge in [-0.2, -0.15) is 4.98 Å². The van der Waals surface area contributed by atoms with Crippen molar-refractivity contribution in [2.75, 3.05) is 13.1 Å². The van der Waals surface area contributed by atoms with E-state index >= 15 is 0 Å². The Bertz CT molecular complexity index is 317. The van der Waals surface area contributed by atoms with Crippen molar-refractivity contribution in [3.63, 3.8) is 0 Å². The van der Waals surface area contributed by atoms with Crippen molar-refractivity contribution in [3.8, 4) is 0 Å². The topological polar surface area (TPSA) is 68.2 Å². The maximum absolute atomic E-state index is 5.44. The number of aromatic nitrogens is 2. The lowest BCUT2D eigenvalue weighted by Gasteiger charge is -2.29. The smallest absolute Gasteiger partial charge is 0.231 e. The average molecular weight is 207 g/mol. The van der Waals surface area contributed by atoms with E-state index in [1.165, 1.54) is 6.42 Å². The summed E-state index contributed by atoms with van der Waals surface area (Å²) in [4.78, 5) is 6.57. The third-order valence-electron chi connectivity index (χ3n) is 2.83. The van der Waals surface area contributed by atoms with E-state index in [0.717, 1.165) is 25.4 Å². The van der Waals surface area contributed by atoms with Crippen molar-refractivity contribution in [3.05, 3.63) is 11.7 Å². The van der Waals surface area contributed by atoms with Gasteiger partial charge in [0.1, 0.15) is 0 Å². The molecule has 1 aliphatic heterocycles. The van der Waals surface area contributed by atoms with Gasteiger partial charge in [-0.3, -0.25) is 0 Å². The summed E-state index contributed by atoms with van der Waals surface area (Å²) in [7, 11) is 2.12. The van der Waals surface area contributed by atoms with Crippen LogP contribution in [0.4, 0.5) is 0 Å². The quantitative estimate of drug-likeness (QED) is 0.725. The maximum Gasteiger partial charge on any atom is 0.231 e. The van der Waals surface area contributed by atoms with Gasteiger partial charge in [-0.25, -0.2) is 0 Å². The summed E-state index contributed by atoms with van der Waals surface area (Å²) < 4.78 is 5.21. The summed E-state index contributed by atoms with van der Waals surface area (Å²) in [6.07, 6.45) is 2.30. The Balaban J connectivity index is 2.03. The first kappa shape index (κ1) is 10.6. The van der Waals surface area contributed by atoms with Gasteiger partial charge in [0.05, 0.1) is 12.5 Å². The summed E-state index contributed by atoms with van der Waals surface area (Å²) in [5, 5.41) is 3.82. The summed E-state index contributed by atoms with van der Waals surface area (Å²) in [6, 6.07) is 0. The van der Waals surface area contributed by atoms with Crippen molar-refractivity contribution < 1.29 is 4.52 Å². The third kappa shape index (κ3) is 2.38. The highest BCUT2D eigenvalue weighted by Gasteiger charge is 2.24. The SMILES string of the molecule is C[B]N1CCCC(c2nc(CN)no2)C1. The van der Waals surface area contributed by atoms with Gasteiger partial charge in [-0.15, -0.1) is 0 Å². The number of nitrogens with two attached hydrogens (primary N) is 1. The van der Waals surface area contributed by atoms with Gasteiger partial charge in [-0.1, -0.05) is 12.0 Å². The van der Waals surface area contributed by atoms with Crippen LogP contribution in [0.5, 0.6) is 0 Å². The molecule has 6 heteroatoms. The molecule has 0 spiro atoms. The van der Waals surface area contributed by atoms with Gasteiger partial charge in [0, 0.05) is 0 Å². The first-order chi connectivity index (χ1) is 7.33. The zero-order valence-electron chi connectivity index (χ0n) is 9.02. The van der Waals surface area contributed by atoms with Crippen molar-refractivity contribution in [2.24, 2.45) is 5.73 Å². The van der Waals surface area contributed by atoms with Crippen LogP contribution in [0.3, 0.4) is 0 Å². The largest absolute Gasteiger partial charge is 0.346 e. The minimum absolute atomic E-state index is 0.347. The van der Waals surface area contributed by atoms with Crippen molar-refractivity contribution in [1.29, 1.82) is 0 Å². The van der Waals surface area contributed by atoms with Gasteiger partial charge in [0.2, 0.25) is 13.3 Å². The highest BCUT2D eigenvalue weighted by atomic mass is 16.5. The standard InChI is InChI=1S/C9H16BN4O/c1-10-14-4-2-3-7(6-14)9-12-8(5-11)13-15-9/h7H,2-6,11H2,1H3. The fourth-order valence-corrected chi connectivity index (χ4v) is 1.96. The molecule has 1 aliphatic rings. The molecular formula is C9H16BN4O. The van der Waals surface area contributed by atoms with Gasteiger partial charge in [-0.05, 0) is 25.9 Å². The van der Waals surface area contributed by atoms with Crippen LogP contribution in [0.15, 0.2) is 4.52 Å². The van der Waals surface area contributed by atoms with Crippen LogP contribution in [0.1, 0.15) is 30.5 Å². The lowest BCUT2D eigenvalue weighted by Crippen LogP contribution is -2.36. The lowest BCUT2D eigenvalue weighted by molar-refractivity contribution is 0.268. The van der Waals surface area contributed by atoms with E-state index in [4.69, 9.17) is 10.3 Å². The van der Waals surface area contributed by atoms with Crippen LogP contribution in [0.2, 0.25) is 6.82 Å². The molecule has 0 saturated carbocycles. The molecule has 2 N–H and O–H groups in total. The molecule has 1 fully saturated rings. The fraction of sp³-hybridized carbons (Fsp3) is 0.778. The van der Waals surface area contributed by atoms with E-state index in [1.54, 1.807) is 0 Å². The Labute approximate surface area is 90.3 Å². The van der Waals surface area contributed by atoms with Crippen molar-refractivity contribution in [2.45, 2.75) is 32.1 Å². The molecular weight excluding hydrogens is 191 g/mol. The van der Waals surface area contributed by atoms with E-state index in [2.05, 4.69) is 29.2 Å². The Hall–Kier alpha value is -0.875. The third-order valence-corrected chi connectivity index (χ3v) is 2.83. The van der Waals surface area contributed by atoms with E-state index in [9.17, 15) is 0 Å². The molecule has 0 aromatic carbocycles. The summed E-state index contributed by atoms with van der Waals surface area (Å²) in [5.74, 6) is 1.70. The number of rotatable bonds is 3. The highest BCUT2D eigenvalue weighted by molar-refractivity contribution is 6.29. The minimum Gasteiger partial charge on any atom is -0.346 e. The number of piperidine rings is 1. The monoisotopic (exact) mass is 207 g/mol. The number of hydrogen-bond acceptors (Lipinski definition) is 5. The van der Waals surface area contributed by atoms with Crippen LogP contribution < -0.4 is 5.73 Å². The van der Waals surface area contributed by atoms with Crippen LogP contribution in [0.25, 0.3) is 0 Å². The van der Waals surface area contributed by atoms with Crippen molar-refractivity contribution >= 4 is 7.41 Å². The Morgan fingerprint density at radius 3 is 3.20 bits per heavy atom. The van der Waals surface area contributed by atoms with Gasteiger partial charge in [0.15, 0.2) is 5.82 Å². The zero-order valence-corrected chi connectivity index (χ0v) is 9.02. The molecule has 2 rings (SSSR count). The molecule has 1 unspecified atom stereocenters. The van der Waals surface area contributed by atoms with Gasteiger partial charge >= 0.3 is 0 Å². The number of nitrogens with zero attached hydrogens (tertiary/aromatic N) is 3. The molecule has 15 heavy (non-hydrogen) atoms. The van der Waals surface area contributed by atoms with Gasteiger partial charge in [0.25, 0.3) is 0 Å². The summed E-state index contributed by atoms with van der Waals surface area (Å²) in [6.45, 7) is 4.51. The second-order valence-electron chi connectivity index (χ2n) is 3.85. The zero-order chi connectivity index (χ0) is 10.7. The molecule has 2 heterocycles. The Morgan fingerprint density at radius 1 is 1.67 bits per heavy atom. The maximum atomic E-state index is 5.44.